The van der Waals surface area contributed by atoms with Gasteiger partial charge >= 0.3 is 0 Å². The summed E-state index contributed by atoms with van der Waals surface area (Å²) in [5, 5.41) is 7.63. The Morgan fingerprint density at radius 1 is 0.863 bits per heavy atom. The van der Waals surface area contributed by atoms with Gasteiger partial charge in [-0.3, -0.25) is 4.57 Å². The second-order valence-electron chi connectivity index (χ2n) is 15.8. The maximum Gasteiger partial charge on any atom is 0.137 e. The summed E-state index contributed by atoms with van der Waals surface area (Å²) in [6, 6.07) is 26.0. The van der Waals surface area contributed by atoms with Crippen molar-refractivity contribution in [2.75, 3.05) is 0 Å². The summed E-state index contributed by atoms with van der Waals surface area (Å²) in [5.74, 6) is 4.21. The fourth-order valence-electron chi connectivity index (χ4n) is 8.59. The lowest BCUT2D eigenvalue weighted by atomic mass is 9.69. The smallest absolute Gasteiger partial charge is 0.137 e. The van der Waals surface area contributed by atoms with E-state index in [2.05, 4.69) is 150 Å². The zero-order chi connectivity index (χ0) is 36.0. The zero-order valence-electron chi connectivity index (χ0n) is 32.0. The molecule has 1 aliphatic carbocycles. The van der Waals surface area contributed by atoms with Crippen molar-refractivity contribution < 1.29 is 4.74 Å². The highest BCUT2D eigenvalue weighted by molar-refractivity contribution is 6.09. The number of fused-ring (bicyclic) bond motifs is 3. The summed E-state index contributed by atoms with van der Waals surface area (Å²) in [5.41, 5.74) is 11.0. The third kappa shape index (κ3) is 6.52. The average Bonchev–Trinajstić information content (AvgIpc) is 3.60. The SMILES string of the molecule is CCCc1ccnc(-n2c3ccccc3c3ccc(Oc4cc(-n5nc(C)c([C@H]6C(CC)=C[C@H](C)C[C@@H]6CC)c5C)cc(C(C)(C)C)c4)cc32)c1. The maximum atomic E-state index is 6.82. The Bertz CT molecular complexity index is 2240. The van der Waals surface area contributed by atoms with Crippen molar-refractivity contribution in [2.24, 2.45) is 11.8 Å². The largest absolute Gasteiger partial charge is 0.457 e. The quantitative estimate of drug-likeness (QED) is 0.143. The number of benzene rings is 3. The van der Waals surface area contributed by atoms with E-state index >= 15 is 0 Å². The number of allylic oxidation sites excluding steroid dienone is 2. The topological polar surface area (TPSA) is 44.9 Å². The number of hydrogen-bond acceptors (Lipinski definition) is 3. The fraction of sp³-hybridized carbons (Fsp3) is 0.391. The molecule has 0 amide bonds. The van der Waals surface area contributed by atoms with Gasteiger partial charge in [0, 0.05) is 46.3 Å². The molecule has 7 rings (SSSR count). The van der Waals surface area contributed by atoms with E-state index in [4.69, 9.17) is 14.8 Å². The molecule has 0 saturated heterocycles. The van der Waals surface area contributed by atoms with Gasteiger partial charge in [0.15, 0.2) is 0 Å². The van der Waals surface area contributed by atoms with Gasteiger partial charge in [-0.1, -0.05) is 91.2 Å². The van der Waals surface area contributed by atoms with Crippen molar-refractivity contribution in [2.45, 2.75) is 106 Å². The first kappa shape index (κ1) is 34.8. The van der Waals surface area contributed by atoms with E-state index in [1.54, 1.807) is 5.57 Å². The Kier molecular flexibility index (Phi) is 9.43. The van der Waals surface area contributed by atoms with Crippen LogP contribution in [0.2, 0.25) is 0 Å². The number of aryl methyl sites for hydroxylation is 2. The summed E-state index contributed by atoms with van der Waals surface area (Å²) in [4.78, 5) is 4.85. The molecule has 0 N–H and O–H groups in total. The number of hydrogen-bond donors (Lipinski definition) is 0. The van der Waals surface area contributed by atoms with Gasteiger partial charge in [0.05, 0.1) is 22.4 Å². The van der Waals surface area contributed by atoms with Gasteiger partial charge < -0.3 is 4.74 Å². The lowest BCUT2D eigenvalue weighted by Crippen LogP contribution is -2.23. The molecular formula is C46H54N4O. The molecule has 0 spiro atoms. The number of aromatic nitrogens is 4. The first-order chi connectivity index (χ1) is 24.5. The van der Waals surface area contributed by atoms with E-state index in [0.717, 1.165) is 59.0 Å². The van der Waals surface area contributed by atoms with Crippen LogP contribution < -0.4 is 4.74 Å². The Morgan fingerprint density at radius 2 is 1.65 bits per heavy atom. The molecular weight excluding hydrogens is 625 g/mol. The monoisotopic (exact) mass is 678 g/mol. The molecule has 264 valence electrons. The highest BCUT2D eigenvalue weighted by Gasteiger charge is 2.34. The minimum Gasteiger partial charge on any atom is -0.457 e. The van der Waals surface area contributed by atoms with Crippen LogP contribution in [0.3, 0.4) is 0 Å². The van der Waals surface area contributed by atoms with Gasteiger partial charge in [-0.05, 0) is 104 Å². The van der Waals surface area contributed by atoms with Crippen LogP contribution in [-0.4, -0.2) is 19.3 Å². The molecule has 0 radical (unpaired) electrons. The fourth-order valence-corrected chi connectivity index (χ4v) is 8.59. The third-order valence-corrected chi connectivity index (χ3v) is 11.1. The van der Waals surface area contributed by atoms with Crippen LogP contribution in [0.15, 0.2) is 90.6 Å². The summed E-state index contributed by atoms with van der Waals surface area (Å²) in [7, 11) is 0. The molecule has 3 atom stereocenters. The van der Waals surface area contributed by atoms with E-state index in [-0.39, 0.29) is 5.41 Å². The molecule has 1 aliphatic rings. The Labute approximate surface area is 304 Å². The van der Waals surface area contributed by atoms with Crippen molar-refractivity contribution >= 4 is 21.8 Å². The molecule has 5 heteroatoms. The molecule has 0 bridgehead atoms. The number of para-hydroxylation sites is 1. The molecule has 51 heavy (non-hydrogen) atoms. The van der Waals surface area contributed by atoms with Crippen molar-refractivity contribution in [3.63, 3.8) is 0 Å². The van der Waals surface area contributed by atoms with Crippen molar-refractivity contribution in [1.82, 2.24) is 19.3 Å². The number of ether oxygens (including phenoxy) is 1. The molecule has 0 saturated carbocycles. The highest BCUT2D eigenvalue weighted by atomic mass is 16.5. The van der Waals surface area contributed by atoms with Gasteiger partial charge in [0.25, 0.3) is 0 Å². The van der Waals surface area contributed by atoms with Gasteiger partial charge in [0.2, 0.25) is 0 Å². The lowest BCUT2D eigenvalue weighted by molar-refractivity contribution is 0.347. The lowest BCUT2D eigenvalue weighted by Gasteiger charge is -2.35. The molecule has 0 unspecified atom stereocenters. The van der Waals surface area contributed by atoms with E-state index < -0.39 is 0 Å². The van der Waals surface area contributed by atoms with Gasteiger partial charge in [-0.2, -0.15) is 5.10 Å². The second-order valence-corrected chi connectivity index (χ2v) is 15.8. The number of pyridine rings is 1. The molecule has 0 aliphatic heterocycles. The zero-order valence-corrected chi connectivity index (χ0v) is 32.0. The number of rotatable bonds is 9. The van der Waals surface area contributed by atoms with Crippen molar-refractivity contribution in [3.05, 3.63) is 119 Å². The second kappa shape index (κ2) is 13.8. The first-order valence-corrected chi connectivity index (χ1v) is 19.1. The van der Waals surface area contributed by atoms with E-state index in [1.165, 1.54) is 46.0 Å². The molecule has 5 nitrogen and oxygen atoms in total. The molecule has 6 aromatic rings. The van der Waals surface area contributed by atoms with Crippen molar-refractivity contribution in [3.8, 4) is 23.0 Å². The van der Waals surface area contributed by atoms with Gasteiger partial charge in [-0.15, -0.1) is 0 Å². The van der Waals surface area contributed by atoms with Gasteiger partial charge in [-0.25, -0.2) is 9.67 Å². The predicted molar refractivity (Wildman–Crippen MR) is 213 cm³/mol. The minimum atomic E-state index is -0.0798. The van der Waals surface area contributed by atoms with Crippen LogP contribution in [-0.2, 0) is 11.8 Å². The van der Waals surface area contributed by atoms with E-state index in [9.17, 15) is 0 Å². The van der Waals surface area contributed by atoms with E-state index in [0.29, 0.717) is 17.8 Å². The normalized spacial score (nSPS) is 18.1. The molecule has 3 heterocycles. The van der Waals surface area contributed by atoms with Crippen LogP contribution in [0.25, 0.3) is 33.3 Å². The maximum absolute atomic E-state index is 6.82. The van der Waals surface area contributed by atoms with Crippen LogP contribution in [0.5, 0.6) is 11.5 Å². The standard InChI is InChI=1S/C46H54N4O/c1-10-15-32-20-21-47-43(24-32)49-41-17-14-13-16-39(41)40-19-18-37(28-42(40)49)51-38-26-35(46(7,8)9)25-36(27-38)50-31(6)44(30(5)48-50)45-33(11-2)22-29(4)23-34(45)12-3/h13-14,16-22,24-29,34,45H,10-12,15,23H2,1-9H3/t29-,34-,45-/m0/s1. The highest BCUT2D eigenvalue weighted by Crippen LogP contribution is 2.46. The third-order valence-electron chi connectivity index (χ3n) is 11.1. The molecule has 3 aromatic carbocycles. The van der Waals surface area contributed by atoms with E-state index in [1.807, 2.05) is 6.20 Å². The summed E-state index contributed by atoms with van der Waals surface area (Å²) in [6.07, 6.45) is 10.1. The number of nitrogens with zero attached hydrogens (tertiary/aromatic N) is 4. The average molecular weight is 679 g/mol. The van der Waals surface area contributed by atoms with Crippen LogP contribution in [0, 0.1) is 25.7 Å². The van der Waals surface area contributed by atoms with Gasteiger partial charge in [0.1, 0.15) is 17.3 Å². The van der Waals surface area contributed by atoms with Crippen LogP contribution in [0.1, 0.15) is 108 Å². The molecule has 0 fully saturated rings. The Balaban J connectivity index is 1.33. The minimum absolute atomic E-state index is 0.0798. The Hall–Kier alpha value is -4.64. The Morgan fingerprint density at radius 3 is 2.39 bits per heavy atom. The summed E-state index contributed by atoms with van der Waals surface area (Å²) >= 11 is 0. The first-order valence-electron chi connectivity index (χ1n) is 19.1. The molecule has 3 aromatic heterocycles. The van der Waals surface area contributed by atoms with Crippen LogP contribution >= 0.6 is 0 Å². The van der Waals surface area contributed by atoms with Crippen LogP contribution in [0.4, 0.5) is 0 Å². The predicted octanol–water partition coefficient (Wildman–Crippen LogP) is 12.5. The summed E-state index contributed by atoms with van der Waals surface area (Å²) < 4.78 is 11.3. The van der Waals surface area contributed by atoms with Crippen molar-refractivity contribution in [1.29, 1.82) is 0 Å². The summed E-state index contributed by atoms with van der Waals surface area (Å²) in [6.45, 7) is 20.5.